The van der Waals surface area contributed by atoms with Crippen LogP contribution in [0.15, 0.2) is 186 Å². The molecule has 0 N–H and O–H groups in total. The minimum Gasteiger partial charge on any atom is -0.455 e. The Bertz CT molecular complexity index is 3470. The van der Waals surface area contributed by atoms with Crippen LogP contribution in [0.4, 0.5) is 0 Å². The topological polar surface area (TPSA) is 56.7 Å². The third kappa shape index (κ3) is 4.98. The summed E-state index contributed by atoms with van der Waals surface area (Å²) in [5, 5.41) is 6.74. The third-order valence-corrected chi connectivity index (χ3v) is 12.2. The lowest BCUT2D eigenvalue weighted by Gasteiger charge is -2.12. The molecule has 12 aromatic rings. The molecule has 0 atom stereocenters. The number of nitrogens with zero attached hydrogens (tertiary/aromatic N) is 4. The Morgan fingerprint density at radius 1 is 0.404 bits per heavy atom. The Balaban J connectivity index is 1.17. The zero-order valence-electron chi connectivity index (χ0n) is 30.4. The number of para-hydroxylation sites is 2. The first-order chi connectivity index (χ1) is 28.3. The monoisotopic (exact) mass is 746 g/mol. The highest BCUT2D eigenvalue weighted by Crippen LogP contribution is 2.44. The second-order valence-corrected chi connectivity index (χ2v) is 15.4. The van der Waals surface area contributed by atoms with Gasteiger partial charge < -0.3 is 8.98 Å². The van der Waals surface area contributed by atoms with E-state index in [1.54, 1.807) is 11.3 Å². The summed E-state index contributed by atoms with van der Waals surface area (Å²) in [4.78, 5) is 15.8. The predicted octanol–water partition coefficient (Wildman–Crippen LogP) is 13.9. The Hall–Kier alpha value is -7.41. The molecule has 0 spiro atoms. The van der Waals surface area contributed by atoms with Gasteiger partial charge in [0.15, 0.2) is 17.5 Å². The molecule has 12 rings (SSSR count). The first kappa shape index (κ1) is 31.9. The minimum absolute atomic E-state index is 0.590. The average molecular weight is 747 g/mol. The van der Waals surface area contributed by atoms with Crippen LogP contribution in [0.25, 0.3) is 115 Å². The van der Waals surface area contributed by atoms with Gasteiger partial charge in [0, 0.05) is 69.7 Å². The van der Waals surface area contributed by atoms with Gasteiger partial charge in [-0.3, -0.25) is 0 Å². The standard InChI is InChI=1S/C51H30N4OS/c1-3-15-31(16-4-1)39-29-33(55-41-24-10-7-19-34(41)35-20-8-11-25-42(35)55)30-40-46-37(22-13-26-43(46)56-48(39)40)50-52-49(32-17-5-2-6-18-32)53-51(54-50)38-23-14-28-45-47(38)36-21-9-12-27-44(36)57-45/h1-30H. The molecule has 0 aliphatic carbocycles. The number of thiophene rings is 1. The van der Waals surface area contributed by atoms with Gasteiger partial charge in [-0.25, -0.2) is 15.0 Å². The van der Waals surface area contributed by atoms with E-state index in [0.717, 1.165) is 71.9 Å². The zero-order chi connectivity index (χ0) is 37.5. The summed E-state index contributed by atoms with van der Waals surface area (Å²) in [6.45, 7) is 0. The van der Waals surface area contributed by atoms with Crippen LogP contribution in [0.2, 0.25) is 0 Å². The molecule has 0 unspecified atom stereocenters. The van der Waals surface area contributed by atoms with Crippen molar-refractivity contribution in [1.29, 1.82) is 0 Å². The smallest absolute Gasteiger partial charge is 0.164 e. The van der Waals surface area contributed by atoms with Gasteiger partial charge in [0.25, 0.3) is 0 Å². The van der Waals surface area contributed by atoms with Crippen LogP contribution in [-0.2, 0) is 0 Å². The maximum atomic E-state index is 6.89. The largest absolute Gasteiger partial charge is 0.455 e. The van der Waals surface area contributed by atoms with Crippen molar-refractivity contribution < 1.29 is 4.42 Å². The van der Waals surface area contributed by atoms with E-state index in [1.165, 1.54) is 25.6 Å². The average Bonchev–Trinajstić information content (AvgIpc) is 3.96. The summed E-state index contributed by atoms with van der Waals surface area (Å²) in [5.41, 5.74) is 9.82. The van der Waals surface area contributed by atoms with E-state index in [9.17, 15) is 0 Å². The molecule has 0 saturated carbocycles. The van der Waals surface area contributed by atoms with Crippen molar-refractivity contribution in [3.63, 3.8) is 0 Å². The van der Waals surface area contributed by atoms with Crippen LogP contribution in [0, 0.1) is 0 Å². The molecule has 0 radical (unpaired) electrons. The van der Waals surface area contributed by atoms with Crippen molar-refractivity contribution in [3.8, 4) is 51.0 Å². The lowest BCUT2D eigenvalue weighted by Crippen LogP contribution is -2.00. The van der Waals surface area contributed by atoms with Gasteiger partial charge in [-0.15, -0.1) is 11.3 Å². The molecule has 266 valence electrons. The molecule has 57 heavy (non-hydrogen) atoms. The number of aromatic nitrogens is 4. The van der Waals surface area contributed by atoms with E-state index in [-0.39, 0.29) is 0 Å². The van der Waals surface area contributed by atoms with E-state index in [1.807, 2.05) is 30.3 Å². The second-order valence-electron chi connectivity index (χ2n) is 14.3. The van der Waals surface area contributed by atoms with Gasteiger partial charge >= 0.3 is 0 Å². The van der Waals surface area contributed by atoms with Gasteiger partial charge in [-0.2, -0.15) is 0 Å². The lowest BCUT2D eigenvalue weighted by molar-refractivity contribution is 0.670. The van der Waals surface area contributed by atoms with Crippen molar-refractivity contribution in [2.24, 2.45) is 0 Å². The number of benzene rings is 8. The van der Waals surface area contributed by atoms with E-state index < -0.39 is 0 Å². The van der Waals surface area contributed by atoms with Crippen LogP contribution < -0.4 is 0 Å². The summed E-state index contributed by atoms with van der Waals surface area (Å²) < 4.78 is 11.7. The highest BCUT2D eigenvalue weighted by molar-refractivity contribution is 7.25. The fourth-order valence-corrected chi connectivity index (χ4v) is 9.69. The van der Waals surface area contributed by atoms with Crippen molar-refractivity contribution >= 4 is 75.3 Å². The fourth-order valence-electron chi connectivity index (χ4n) is 8.56. The van der Waals surface area contributed by atoms with Gasteiger partial charge in [0.05, 0.1) is 11.0 Å². The molecule has 0 saturated heterocycles. The first-order valence-electron chi connectivity index (χ1n) is 19.0. The molecule has 0 fully saturated rings. The molecule has 8 aromatic carbocycles. The van der Waals surface area contributed by atoms with Crippen LogP contribution in [0.5, 0.6) is 0 Å². The summed E-state index contributed by atoms with van der Waals surface area (Å²) in [7, 11) is 0. The van der Waals surface area contributed by atoms with E-state index in [4.69, 9.17) is 19.4 Å². The highest BCUT2D eigenvalue weighted by atomic mass is 32.1. The Morgan fingerprint density at radius 2 is 0.965 bits per heavy atom. The van der Waals surface area contributed by atoms with Crippen LogP contribution in [0.1, 0.15) is 0 Å². The molecule has 0 bridgehead atoms. The second kappa shape index (κ2) is 12.6. The number of furan rings is 1. The summed E-state index contributed by atoms with van der Waals surface area (Å²) >= 11 is 1.79. The molecular formula is C51H30N4OS. The van der Waals surface area contributed by atoms with E-state index >= 15 is 0 Å². The quantitative estimate of drug-likeness (QED) is 0.176. The van der Waals surface area contributed by atoms with Crippen molar-refractivity contribution in [1.82, 2.24) is 19.5 Å². The normalized spacial score (nSPS) is 11.9. The van der Waals surface area contributed by atoms with Crippen LogP contribution >= 0.6 is 11.3 Å². The van der Waals surface area contributed by atoms with Crippen molar-refractivity contribution in [2.75, 3.05) is 0 Å². The van der Waals surface area contributed by atoms with Crippen LogP contribution in [0.3, 0.4) is 0 Å². The molecule has 4 aromatic heterocycles. The molecule has 4 heterocycles. The molecule has 0 amide bonds. The number of rotatable bonds is 5. The van der Waals surface area contributed by atoms with Crippen LogP contribution in [-0.4, -0.2) is 19.5 Å². The highest BCUT2D eigenvalue weighted by Gasteiger charge is 2.23. The molecule has 0 aliphatic rings. The SMILES string of the molecule is c1ccc(-c2nc(-c3cccc4oc5c(-c6ccccc6)cc(-n6c7ccccc7c7ccccc76)cc5c34)nc(-c3cccc4sc5ccccc5c34)n2)cc1. The van der Waals surface area contributed by atoms with E-state index in [0.29, 0.717) is 17.5 Å². The van der Waals surface area contributed by atoms with E-state index in [2.05, 4.69) is 156 Å². The Morgan fingerprint density at radius 3 is 1.68 bits per heavy atom. The van der Waals surface area contributed by atoms with Gasteiger partial charge in [-0.1, -0.05) is 140 Å². The first-order valence-corrected chi connectivity index (χ1v) is 19.8. The molecule has 0 aliphatic heterocycles. The molecule has 5 nitrogen and oxygen atoms in total. The van der Waals surface area contributed by atoms with Gasteiger partial charge in [-0.05, 0) is 48.0 Å². The Kier molecular flexibility index (Phi) is 7.03. The number of fused-ring (bicyclic) bond motifs is 9. The van der Waals surface area contributed by atoms with Crippen molar-refractivity contribution in [2.45, 2.75) is 0 Å². The summed E-state index contributed by atoms with van der Waals surface area (Å²) in [5.74, 6) is 1.84. The number of hydrogen-bond acceptors (Lipinski definition) is 5. The zero-order valence-corrected chi connectivity index (χ0v) is 31.2. The lowest BCUT2D eigenvalue weighted by atomic mass is 9.99. The summed E-state index contributed by atoms with van der Waals surface area (Å²) in [6.07, 6.45) is 0. The molecular weight excluding hydrogens is 717 g/mol. The minimum atomic E-state index is 0.590. The summed E-state index contributed by atoms with van der Waals surface area (Å²) in [6, 6.07) is 63.7. The number of hydrogen-bond donors (Lipinski definition) is 0. The van der Waals surface area contributed by atoms with Gasteiger partial charge in [0.1, 0.15) is 11.2 Å². The Labute approximate surface area is 330 Å². The third-order valence-electron chi connectivity index (χ3n) is 11.1. The maximum absolute atomic E-state index is 6.89. The predicted molar refractivity (Wildman–Crippen MR) is 236 cm³/mol. The molecule has 6 heteroatoms. The fraction of sp³-hybridized carbons (Fsp3) is 0. The maximum Gasteiger partial charge on any atom is 0.164 e. The van der Waals surface area contributed by atoms with Crippen molar-refractivity contribution in [3.05, 3.63) is 182 Å². The van der Waals surface area contributed by atoms with Gasteiger partial charge in [0.2, 0.25) is 0 Å².